The molecule has 0 N–H and O–H groups in total. The second-order valence-corrected chi connectivity index (χ2v) is 4.99. The standard InChI is InChI=1S/C15H18O4/c1-9-10-5-7-19-15(10)11(3-4-13(16)17-2)12-6-8-18-14(9)12/h3-8H2,1-2H3. The molecule has 0 saturated carbocycles. The maximum absolute atomic E-state index is 11.4. The van der Waals surface area contributed by atoms with E-state index in [-0.39, 0.29) is 5.97 Å². The van der Waals surface area contributed by atoms with Gasteiger partial charge < -0.3 is 14.2 Å². The van der Waals surface area contributed by atoms with Gasteiger partial charge in [0.2, 0.25) is 0 Å². The molecule has 0 aliphatic carbocycles. The Labute approximate surface area is 112 Å². The fourth-order valence-corrected chi connectivity index (χ4v) is 3.03. The summed E-state index contributed by atoms with van der Waals surface area (Å²) in [4.78, 5) is 11.4. The van der Waals surface area contributed by atoms with E-state index < -0.39 is 0 Å². The molecule has 1 aromatic rings. The predicted octanol–water partition coefficient (Wildman–Crippen LogP) is 1.97. The molecule has 2 aliphatic heterocycles. The van der Waals surface area contributed by atoms with Gasteiger partial charge in [0.25, 0.3) is 0 Å². The van der Waals surface area contributed by atoms with E-state index >= 15 is 0 Å². The van der Waals surface area contributed by atoms with Crippen LogP contribution < -0.4 is 9.47 Å². The average molecular weight is 262 g/mol. The van der Waals surface area contributed by atoms with E-state index in [9.17, 15) is 4.79 Å². The number of carbonyl (C=O) groups excluding carboxylic acids is 1. The van der Waals surface area contributed by atoms with Crippen molar-refractivity contribution in [1.82, 2.24) is 0 Å². The molecule has 0 bridgehead atoms. The van der Waals surface area contributed by atoms with Crippen LogP contribution in [0, 0.1) is 6.92 Å². The van der Waals surface area contributed by atoms with E-state index in [1.54, 1.807) is 0 Å². The van der Waals surface area contributed by atoms with Gasteiger partial charge in [-0.05, 0) is 18.9 Å². The lowest BCUT2D eigenvalue weighted by Gasteiger charge is -2.15. The van der Waals surface area contributed by atoms with Crippen LogP contribution in [0.25, 0.3) is 0 Å². The van der Waals surface area contributed by atoms with Gasteiger partial charge in [-0.3, -0.25) is 4.79 Å². The van der Waals surface area contributed by atoms with Crippen LogP contribution in [0.4, 0.5) is 0 Å². The SMILES string of the molecule is COC(=O)CCc1c2c(c(C)c3c1OCC3)OCC2. The van der Waals surface area contributed by atoms with Crippen LogP contribution in [0.5, 0.6) is 11.5 Å². The zero-order valence-electron chi connectivity index (χ0n) is 11.4. The van der Waals surface area contributed by atoms with Crippen molar-refractivity contribution in [3.8, 4) is 11.5 Å². The third-order valence-corrected chi connectivity index (χ3v) is 3.98. The Kier molecular flexibility index (Phi) is 3.09. The molecule has 0 aromatic heterocycles. The van der Waals surface area contributed by atoms with Gasteiger partial charge >= 0.3 is 5.97 Å². The third-order valence-electron chi connectivity index (χ3n) is 3.98. The van der Waals surface area contributed by atoms with Crippen LogP contribution in [0.1, 0.15) is 28.7 Å². The molecule has 0 spiro atoms. The molecule has 3 rings (SSSR count). The molecule has 0 fully saturated rings. The van der Waals surface area contributed by atoms with E-state index in [1.165, 1.54) is 23.8 Å². The highest BCUT2D eigenvalue weighted by molar-refractivity contribution is 5.70. The lowest BCUT2D eigenvalue weighted by Crippen LogP contribution is -2.05. The summed E-state index contributed by atoms with van der Waals surface area (Å²) < 4.78 is 16.3. The van der Waals surface area contributed by atoms with Crippen molar-refractivity contribution in [3.05, 3.63) is 22.3 Å². The number of hydrogen-bond donors (Lipinski definition) is 0. The number of ether oxygens (including phenoxy) is 3. The van der Waals surface area contributed by atoms with Gasteiger partial charge in [-0.15, -0.1) is 0 Å². The molecule has 0 radical (unpaired) electrons. The highest BCUT2D eigenvalue weighted by Gasteiger charge is 2.29. The van der Waals surface area contributed by atoms with E-state index in [1.807, 2.05) is 0 Å². The van der Waals surface area contributed by atoms with Gasteiger partial charge in [0.1, 0.15) is 11.5 Å². The van der Waals surface area contributed by atoms with Crippen LogP contribution in [-0.2, 0) is 28.8 Å². The maximum Gasteiger partial charge on any atom is 0.305 e. The fourth-order valence-electron chi connectivity index (χ4n) is 3.03. The molecule has 0 atom stereocenters. The van der Waals surface area contributed by atoms with Crippen LogP contribution in [-0.4, -0.2) is 26.3 Å². The van der Waals surface area contributed by atoms with Gasteiger partial charge in [-0.2, -0.15) is 0 Å². The van der Waals surface area contributed by atoms with Crippen LogP contribution in [0.2, 0.25) is 0 Å². The summed E-state index contributed by atoms with van der Waals surface area (Å²) in [5.41, 5.74) is 4.83. The molecule has 0 saturated heterocycles. The number of esters is 1. The second kappa shape index (κ2) is 4.76. The van der Waals surface area contributed by atoms with Gasteiger partial charge in [0, 0.05) is 36.0 Å². The van der Waals surface area contributed by atoms with Crippen LogP contribution >= 0.6 is 0 Å². The number of benzene rings is 1. The van der Waals surface area contributed by atoms with E-state index in [0.717, 1.165) is 43.1 Å². The summed E-state index contributed by atoms with van der Waals surface area (Å²) in [6.07, 6.45) is 2.90. The quantitative estimate of drug-likeness (QED) is 0.781. The molecule has 2 aliphatic rings. The van der Waals surface area contributed by atoms with Gasteiger partial charge in [0.15, 0.2) is 0 Å². The molecule has 2 heterocycles. The number of rotatable bonds is 3. The van der Waals surface area contributed by atoms with Crippen molar-refractivity contribution in [3.63, 3.8) is 0 Å². The molecule has 0 unspecified atom stereocenters. The van der Waals surface area contributed by atoms with Crippen LogP contribution in [0.15, 0.2) is 0 Å². The van der Waals surface area contributed by atoms with Crippen molar-refractivity contribution in [2.45, 2.75) is 32.6 Å². The first-order valence-electron chi connectivity index (χ1n) is 6.72. The molecule has 4 nitrogen and oxygen atoms in total. The fraction of sp³-hybridized carbons (Fsp3) is 0.533. The van der Waals surface area contributed by atoms with Crippen molar-refractivity contribution in [1.29, 1.82) is 0 Å². The topological polar surface area (TPSA) is 44.8 Å². The first-order valence-corrected chi connectivity index (χ1v) is 6.72. The Balaban J connectivity index is 2.01. The molecular formula is C15H18O4. The lowest BCUT2D eigenvalue weighted by atomic mass is 9.92. The van der Waals surface area contributed by atoms with Gasteiger partial charge in [0.05, 0.1) is 20.3 Å². The smallest absolute Gasteiger partial charge is 0.305 e. The number of methoxy groups -OCH3 is 1. The normalized spacial score (nSPS) is 15.5. The zero-order valence-corrected chi connectivity index (χ0v) is 11.4. The first kappa shape index (κ1) is 12.3. The summed E-state index contributed by atoms with van der Waals surface area (Å²) in [6, 6.07) is 0. The van der Waals surface area contributed by atoms with Crippen LogP contribution in [0.3, 0.4) is 0 Å². The first-order chi connectivity index (χ1) is 9.22. The summed E-state index contributed by atoms with van der Waals surface area (Å²) in [5.74, 6) is 1.83. The Bertz CT molecular complexity index is 498. The lowest BCUT2D eigenvalue weighted by molar-refractivity contribution is -0.140. The second-order valence-electron chi connectivity index (χ2n) is 4.99. The van der Waals surface area contributed by atoms with Crippen molar-refractivity contribution in [2.75, 3.05) is 20.3 Å². The molecule has 102 valence electrons. The average Bonchev–Trinajstić information content (AvgIpc) is 3.06. The van der Waals surface area contributed by atoms with Crippen molar-refractivity contribution < 1.29 is 19.0 Å². The molecule has 4 heteroatoms. The number of hydrogen-bond acceptors (Lipinski definition) is 4. The minimum Gasteiger partial charge on any atom is -0.493 e. The minimum atomic E-state index is -0.181. The molecular weight excluding hydrogens is 244 g/mol. The van der Waals surface area contributed by atoms with E-state index in [0.29, 0.717) is 12.8 Å². The molecule has 1 aromatic carbocycles. The minimum absolute atomic E-state index is 0.181. The zero-order chi connectivity index (χ0) is 13.4. The number of carbonyl (C=O) groups is 1. The van der Waals surface area contributed by atoms with Gasteiger partial charge in [-0.25, -0.2) is 0 Å². The third kappa shape index (κ3) is 1.95. The Hall–Kier alpha value is -1.71. The maximum atomic E-state index is 11.4. The highest BCUT2D eigenvalue weighted by Crippen LogP contribution is 2.44. The van der Waals surface area contributed by atoms with E-state index in [4.69, 9.17) is 14.2 Å². The predicted molar refractivity (Wildman–Crippen MR) is 69.9 cm³/mol. The Morgan fingerprint density at radius 3 is 2.58 bits per heavy atom. The summed E-state index contributed by atoms with van der Waals surface area (Å²) in [7, 11) is 1.42. The Morgan fingerprint density at radius 1 is 1.16 bits per heavy atom. The largest absolute Gasteiger partial charge is 0.493 e. The summed E-state index contributed by atoms with van der Waals surface area (Å²) >= 11 is 0. The summed E-state index contributed by atoms with van der Waals surface area (Å²) in [6.45, 7) is 3.55. The highest BCUT2D eigenvalue weighted by atomic mass is 16.5. The van der Waals surface area contributed by atoms with Crippen molar-refractivity contribution in [2.24, 2.45) is 0 Å². The van der Waals surface area contributed by atoms with Gasteiger partial charge in [-0.1, -0.05) is 0 Å². The molecule has 19 heavy (non-hydrogen) atoms. The van der Waals surface area contributed by atoms with Crippen molar-refractivity contribution >= 4 is 5.97 Å². The Morgan fingerprint density at radius 2 is 1.84 bits per heavy atom. The van der Waals surface area contributed by atoms with E-state index in [2.05, 4.69) is 6.92 Å². The summed E-state index contributed by atoms with van der Waals surface area (Å²) in [5, 5.41) is 0. The monoisotopic (exact) mass is 262 g/mol. The number of fused-ring (bicyclic) bond motifs is 2. The molecule has 0 amide bonds.